The lowest BCUT2D eigenvalue weighted by atomic mass is 10.1. The molecule has 1 atom stereocenters. The fraction of sp³-hybridized carbons (Fsp3) is 0.600. The molecule has 0 bridgehead atoms. The third-order valence-corrected chi connectivity index (χ3v) is 2.58. The Bertz CT molecular complexity index is 351. The van der Waals surface area contributed by atoms with Crippen LogP contribution < -0.4 is 10.6 Å². The molecule has 1 aromatic heterocycles. The van der Waals surface area contributed by atoms with Crippen LogP contribution in [0.25, 0.3) is 0 Å². The van der Waals surface area contributed by atoms with E-state index < -0.39 is 0 Å². The van der Waals surface area contributed by atoms with Gasteiger partial charge in [0.05, 0.1) is 5.69 Å². The van der Waals surface area contributed by atoms with Crippen molar-refractivity contribution in [3.8, 4) is 0 Å². The first-order valence-electron chi connectivity index (χ1n) is 5.19. The third-order valence-electron chi connectivity index (χ3n) is 2.58. The van der Waals surface area contributed by atoms with Crippen molar-refractivity contribution in [1.82, 2.24) is 15.6 Å². The first-order chi connectivity index (χ1) is 7.27. The van der Waals surface area contributed by atoms with E-state index >= 15 is 0 Å². The van der Waals surface area contributed by atoms with Gasteiger partial charge in [-0.15, -0.1) is 24.8 Å². The summed E-state index contributed by atoms with van der Waals surface area (Å²) in [7, 11) is 0. The van der Waals surface area contributed by atoms with Crippen LogP contribution in [0.5, 0.6) is 0 Å². The zero-order chi connectivity index (χ0) is 10.7. The topological polar surface area (TPSA) is 67.2 Å². The van der Waals surface area contributed by atoms with E-state index in [-0.39, 0.29) is 36.8 Å². The van der Waals surface area contributed by atoms with Gasteiger partial charge in [-0.25, -0.2) is 4.98 Å². The smallest absolute Gasteiger partial charge is 0.289 e. The summed E-state index contributed by atoms with van der Waals surface area (Å²) < 4.78 is 5.02. The summed E-state index contributed by atoms with van der Waals surface area (Å²) in [5.41, 5.74) is 0.635. The molecule has 0 spiro atoms. The average molecular weight is 282 g/mol. The lowest BCUT2D eigenvalue weighted by Crippen LogP contribution is -2.45. The van der Waals surface area contributed by atoms with E-state index in [1.54, 1.807) is 6.92 Å². The van der Waals surface area contributed by atoms with Gasteiger partial charge < -0.3 is 15.1 Å². The van der Waals surface area contributed by atoms with Crippen LogP contribution in [0.15, 0.2) is 10.8 Å². The van der Waals surface area contributed by atoms with E-state index in [2.05, 4.69) is 15.6 Å². The van der Waals surface area contributed by atoms with Crippen LogP contribution in [0.3, 0.4) is 0 Å². The van der Waals surface area contributed by atoms with Crippen LogP contribution in [0.4, 0.5) is 0 Å². The number of nitrogens with one attached hydrogen (secondary N) is 2. The van der Waals surface area contributed by atoms with E-state index in [0.29, 0.717) is 11.5 Å². The van der Waals surface area contributed by atoms with Gasteiger partial charge in [-0.2, -0.15) is 0 Å². The van der Waals surface area contributed by atoms with Gasteiger partial charge >= 0.3 is 0 Å². The molecule has 1 saturated heterocycles. The van der Waals surface area contributed by atoms with Crippen LogP contribution in [0.2, 0.25) is 0 Å². The van der Waals surface area contributed by atoms with Crippen molar-refractivity contribution >= 4 is 30.7 Å². The number of carbonyl (C=O) groups is 1. The van der Waals surface area contributed by atoms with Crippen molar-refractivity contribution in [2.45, 2.75) is 25.8 Å². The standard InChI is InChI=1S/C10H15N3O2.2ClH/c1-7-9(15-6-12-7)10(14)13-8-3-2-4-11-5-8;;/h6,8,11H,2-5H2,1H3,(H,13,14);2*1H/t8-;;/m1../s1. The minimum absolute atomic E-state index is 0. The summed E-state index contributed by atoms with van der Waals surface area (Å²) in [6.07, 6.45) is 3.41. The highest BCUT2D eigenvalue weighted by Crippen LogP contribution is 2.07. The van der Waals surface area contributed by atoms with E-state index in [9.17, 15) is 4.79 Å². The van der Waals surface area contributed by atoms with Crippen LogP contribution in [0, 0.1) is 6.92 Å². The second-order valence-electron chi connectivity index (χ2n) is 3.78. The average Bonchev–Trinajstić information content (AvgIpc) is 2.66. The molecule has 2 rings (SSSR count). The lowest BCUT2D eigenvalue weighted by Gasteiger charge is -2.23. The zero-order valence-electron chi connectivity index (χ0n) is 9.56. The van der Waals surface area contributed by atoms with Crippen molar-refractivity contribution in [3.63, 3.8) is 0 Å². The predicted molar refractivity (Wildman–Crippen MR) is 69.1 cm³/mol. The number of carbonyl (C=O) groups excluding carboxylic acids is 1. The van der Waals surface area contributed by atoms with Gasteiger partial charge in [0.25, 0.3) is 5.91 Å². The molecule has 7 heteroatoms. The molecule has 1 aliphatic heterocycles. The predicted octanol–water partition coefficient (Wildman–Crippen LogP) is 1.31. The van der Waals surface area contributed by atoms with Gasteiger partial charge in [-0.3, -0.25) is 4.79 Å². The number of piperidine rings is 1. The first kappa shape index (κ1) is 16.2. The Labute approximate surface area is 113 Å². The second-order valence-corrected chi connectivity index (χ2v) is 3.78. The van der Waals surface area contributed by atoms with E-state index in [0.717, 1.165) is 25.9 Å². The van der Waals surface area contributed by atoms with Crippen LogP contribution in [0.1, 0.15) is 29.1 Å². The Morgan fingerprint density at radius 1 is 1.59 bits per heavy atom. The molecule has 17 heavy (non-hydrogen) atoms. The molecule has 98 valence electrons. The number of hydrogen-bond donors (Lipinski definition) is 2. The molecule has 1 amide bonds. The maximum Gasteiger partial charge on any atom is 0.289 e. The maximum atomic E-state index is 11.7. The van der Waals surface area contributed by atoms with Gasteiger partial charge in [0.2, 0.25) is 5.76 Å². The van der Waals surface area contributed by atoms with Crippen molar-refractivity contribution in [2.24, 2.45) is 0 Å². The molecule has 0 radical (unpaired) electrons. The molecule has 2 N–H and O–H groups in total. The molecule has 1 fully saturated rings. The molecule has 0 saturated carbocycles. The molecule has 1 aliphatic rings. The van der Waals surface area contributed by atoms with Gasteiger partial charge in [-0.05, 0) is 26.3 Å². The molecule has 0 unspecified atom stereocenters. The minimum atomic E-state index is -0.168. The van der Waals surface area contributed by atoms with Crippen molar-refractivity contribution in [1.29, 1.82) is 0 Å². The highest BCUT2D eigenvalue weighted by atomic mass is 35.5. The monoisotopic (exact) mass is 281 g/mol. The molecule has 0 aliphatic carbocycles. The SMILES string of the molecule is Cc1ncoc1C(=O)N[C@@H]1CCCNC1.Cl.Cl. The molecule has 0 aromatic carbocycles. The minimum Gasteiger partial charge on any atom is -0.438 e. The number of nitrogens with zero attached hydrogens (tertiary/aromatic N) is 1. The quantitative estimate of drug-likeness (QED) is 0.858. The molecule has 1 aromatic rings. The largest absolute Gasteiger partial charge is 0.438 e. The Kier molecular flexibility index (Phi) is 7.18. The Morgan fingerprint density at radius 2 is 2.35 bits per heavy atom. The normalized spacial score (nSPS) is 18.8. The Hall–Kier alpha value is -0.780. The lowest BCUT2D eigenvalue weighted by molar-refractivity contribution is 0.0901. The van der Waals surface area contributed by atoms with Gasteiger partial charge in [0.15, 0.2) is 6.39 Å². The van der Waals surface area contributed by atoms with E-state index in [4.69, 9.17) is 4.42 Å². The summed E-state index contributed by atoms with van der Waals surface area (Å²) >= 11 is 0. The summed E-state index contributed by atoms with van der Waals surface area (Å²) in [5, 5.41) is 6.17. The van der Waals surface area contributed by atoms with Crippen molar-refractivity contribution in [3.05, 3.63) is 17.8 Å². The summed E-state index contributed by atoms with van der Waals surface area (Å²) in [6, 6.07) is 0.204. The van der Waals surface area contributed by atoms with Gasteiger partial charge in [-0.1, -0.05) is 0 Å². The van der Waals surface area contributed by atoms with Crippen LogP contribution in [-0.2, 0) is 0 Å². The summed E-state index contributed by atoms with van der Waals surface area (Å²) in [4.78, 5) is 15.6. The number of aryl methyl sites for hydroxylation is 1. The number of aromatic nitrogens is 1. The molecular formula is C10H17Cl2N3O2. The zero-order valence-corrected chi connectivity index (χ0v) is 11.2. The Morgan fingerprint density at radius 3 is 2.88 bits per heavy atom. The molecular weight excluding hydrogens is 265 g/mol. The number of hydrogen-bond acceptors (Lipinski definition) is 4. The number of halogens is 2. The van der Waals surface area contributed by atoms with Crippen molar-refractivity contribution < 1.29 is 9.21 Å². The number of rotatable bonds is 2. The van der Waals surface area contributed by atoms with E-state index in [1.165, 1.54) is 6.39 Å². The van der Waals surface area contributed by atoms with Crippen LogP contribution >= 0.6 is 24.8 Å². The van der Waals surface area contributed by atoms with E-state index in [1.807, 2.05) is 0 Å². The fourth-order valence-corrected chi connectivity index (χ4v) is 1.75. The Balaban J connectivity index is 0.00000128. The second kappa shape index (κ2) is 7.53. The third kappa shape index (κ3) is 4.18. The van der Waals surface area contributed by atoms with Gasteiger partial charge in [0, 0.05) is 12.6 Å². The fourth-order valence-electron chi connectivity index (χ4n) is 1.75. The molecule has 5 nitrogen and oxygen atoms in total. The summed E-state index contributed by atoms with van der Waals surface area (Å²) in [5.74, 6) is 0.152. The number of oxazole rings is 1. The summed E-state index contributed by atoms with van der Waals surface area (Å²) in [6.45, 7) is 3.63. The van der Waals surface area contributed by atoms with Gasteiger partial charge in [0.1, 0.15) is 0 Å². The number of amides is 1. The highest BCUT2D eigenvalue weighted by molar-refractivity contribution is 5.92. The molecule has 2 heterocycles. The highest BCUT2D eigenvalue weighted by Gasteiger charge is 2.19. The first-order valence-corrected chi connectivity index (χ1v) is 5.19. The van der Waals surface area contributed by atoms with Crippen LogP contribution in [-0.4, -0.2) is 30.0 Å². The maximum absolute atomic E-state index is 11.7. The van der Waals surface area contributed by atoms with Crippen molar-refractivity contribution in [2.75, 3.05) is 13.1 Å².